The topological polar surface area (TPSA) is 125 Å². The zero-order valence-electron chi connectivity index (χ0n) is 20.6. The normalized spacial score (nSPS) is 15.1. The van der Waals surface area contributed by atoms with Gasteiger partial charge in [-0.15, -0.1) is 0 Å². The molecule has 0 radical (unpaired) electrons. The molecule has 1 aliphatic heterocycles. The minimum absolute atomic E-state index is 0.0387. The molecule has 1 unspecified atom stereocenters. The Morgan fingerprint density at radius 3 is 2.61 bits per heavy atom. The molecule has 1 aliphatic rings. The van der Waals surface area contributed by atoms with E-state index in [-0.39, 0.29) is 29.3 Å². The van der Waals surface area contributed by atoms with Crippen LogP contribution in [0.4, 0.5) is 27.5 Å². The van der Waals surface area contributed by atoms with Gasteiger partial charge in [0.1, 0.15) is 11.4 Å². The molecule has 1 fully saturated rings. The predicted octanol–water partition coefficient (Wildman–Crippen LogP) is 4.11. The largest absolute Gasteiger partial charge is 0.508 e. The van der Waals surface area contributed by atoms with E-state index in [0.29, 0.717) is 25.4 Å². The summed E-state index contributed by atoms with van der Waals surface area (Å²) in [5.41, 5.74) is 8.72. The molecule has 11 heteroatoms. The number of hydrogen-bond donors (Lipinski definition) is 4. The first-order valence-electron chi connectivity index (χ1n) is 12.0. The minimum Gasteiger partial charge on any atom is -0.508 e. The zero-order valence-corrected chi connectivity index (χ0v) is 20.6. The number of nitrogens with one attached hydrogen (secondary N) is 3. The van der Waals surface area contributed by atoms with E-state index in [1.165, 1.54) is 0 Å². The number of carbonyl (C=O) groups is 1. The quantitative estimate of drug-likeness (QED) is 0.269. The second kappa shape index (κ2) is 11.1. The number of hydrazine groups is 1. The third-order valence-electron chi connectivity index (χ3n) is 6.00. The summed E-state index contributed by atoms with van der Waals surface area (Å²) in [7, 11) is 0. The van der Waals surface area contributed by atoms with Crippen LogP contribution >= 0.6 is 0 Å². The van der Waals surface area contributed by atoms with Crippen LogP contribution in [0.15, 0.2) is 73.1 Å². The maximum absolute atomic E-state index is 14.3. The van der Waals surface area contributed by atoms with Crippen molar-refractivity contribution < 1.29 is 19.0 Å². The first-order chi connectivity index (χ1) is 18.5. The highest BCUT2D eigenvalue weighted by Crippen LogP contribution is 2.26. The highest BCUT2D eigenvalue weighted by atomic mass is 19.1. The second-order valence-corrected chi connectivity index (χ2v) is 8.75. The van der Waals surface area contributed by atoms with Gasteiger partial charge in [0.15, 0.2) is 11.6 Å². The Bertz CT molecular complexity index is 1420. The molecule has 2 aromatic carbocycles. The lowest BCUT2D eigenvalue weighted by Gasteiger charge is -2.34. The number of carbonyl (C=O) groups excluding carboxylic acids is 1. The number of benzene rings is 2. The third-order valence-corrected chi connectivity index (χ3v) is 6.00. The Labute approximate surface area is 218 Å². The Kier molecular flexibility index (Phi) is 7.27. The lowest BCUT2D eigenvalue weighted by atomic mass is 10.1. The fraction of sp³-hybridized carbons (Fsp3) is 0.185. The summed E-state index contributed by atoms with van der Waals surface area (Å²) >= 11 is 0. The molecular weight excluding hydrogens is 489 g/mol. The van der Waals surface area contributed by atoms with Crippen LogP contribution in [0, 0.1) is 5.82 Å². The molecule has 1 atom stereocenters. The smallest absolute Gasteiger partial charge is 0.288 e. The van der Waals surface area contributed by atoms with E-state index in [1.807, 2.05) is 37.3 Å². The summed E-state index contributed by atoms with van der Waals surface area (Å²) < 4.78 is 19.7. The van der Waals surface area contributed by atoms with Gasteiger partial charge < -0.3 is 20.1 Å². The number of hydrogen-bond acceptors (Lipinski definition) is 9. The fourth-order valence-electron chi connectivity index (χ4n) is 4.04. The number of amides is 1. The number of aromatic hydroxyl groups is 1. The molecule has 4 N–H and O–H groups in total. The number of nitrogens with zero attached hydrogens (tertiary/aromatic N) is 4. The number of phenolic OH excluding ortho intramolecular Hbond substituents is 1. The summed E-state index contributed by atoms with van der Waals surface area (Å²) in [5, 5.41) is 12.9. The Hall–Kier alpha value is -4.77. The van der Waals surface area contributed by atoms with Crippen LogP contribution in [0.3, 0.4) is 0 Å². The molecule has 1 saturated heterocycles. The van der Waals surface area contributed by atoms with Crippen LogP contribution < -0.4 is 21.1 Å². The van der Waals surface area contributed by atoms with Crippen molar-refractivity contribution in [3.8, 4) is 16.9 Å². The molecule has 2 aromatic heterocycles. The van der Waals surface area contributed by atoms with Gasteiger partial charge in [-0.1, -0.05) is 24.3 Å². The van der Waals surface area contributed by atoms with Crippen molar-refractivity contribution >= 4 is 29.0 Å². The van der Waals surface area contributed by atoms with Gasteiger partial charge in [0, 0.05) is 12.2 Å². The molecule has 3 heterocycles. The SMILES string of the molecule is CC1COCCN1c1nc(NNC(=O)c2ccc(Nc3ccc(-c4cccc(O)c4)cc3)cn2)ncc1F. The highest BCUT2D eigenvalue weighted by molar-refractivity contribution is 5.93. The Morgan fingerprint density at radius 1 is 1.05 bits per heavy atom. The summed E-state index contributed by atoms with van der Waals surface area (Å²) in [6.07, 6.45) is 2.61. The van der Waals surface area contributed by atoms with E-state index in [0.717, 1.165) is 23.0 Å². The molecule has 10 nitrogen and oxygen atoms in total. The molecule has 194 valence electrons. The number of ether oxygens (including phenoxy) is 1. The monoisotopic (exact) mass is 515 g/mol. The van der Waals surface area contributed by atoms with E-state index < -0.39 is 11.7 Å². The van der Waals surface area contributed by atoms with E-state index in [9.17, 15) is 14.3 Å². The lowest BCUT2D eigenvalue weighted by molar-refractivity contribution is 0.0957. The van der Waals surface area contributed by atoms with E-state index in [4.69, 9.17) is 4.74 Å². The van der Waals surface area contributed by atoms with Gasteiger partial charge in [0.05, 0.1) is 37.3 Å². The van der Waals surface area contributed by atoms with Crippen LogP contribution in [-0.4, -0.2) is 51.8 Å². The number of morpholine rings is 1. The number of phenols is 1. The van der Waals surface area contributed by atoms with Gasteiger partial charge in [0.2, 0.25) is 5.95 Å². The zero-order chi connectivity index (χ0) is 26.5. The molecule has 0 spiro atoms. The maximum Gasteiger partial charge on any atom is 0.288 e. The number of halogens is 1. The highest BCUT2D eigenvalue weighted by Gasteiger charge is 2.24. The van der Waals surface area contributed by atoms with Gasteiger partial charge in [-0.2, -0.15) is 4.98 Å². The standard InChI is InChI=1S/C27H26FN7O3/c1-17-16-38-12-11-35(17)25-23(28)15-30-27(32-25)34-33-26(37)24-10-9-21(14-29-24)31-20-7-5-18(6-8-20)19-3-2-4-22(36)13-19/h2-10,13-15,17,31,36H,11-12,16H2,1H3,(H,33,37)(H,30,32,34). The molecule has 0 saturated carbocycles. The van der Waals surface area contributed by atoms with Crippen molar-refractivity contribution in [2.45, 2.75) is 13.0 Å². The van der Waals surface area contributed by atoms with Crippen molar-refractivity contribution in [2.24, 2.45) is 0 Å². The predicted molar refractivity (Wildman–Crippen MR) is 142 cm³/mol. The summed E-state index contributed by atoms with van der Waals surface area (Å²) in [6.45, 7) is 3.39. The molecule has 0 aliphatic carbocycles. The molecule has 4 aromatic rings. The Balaban J connectivity index is 1.18. The van der Waals surface area contributed by atoms with Crippen molar-refractivity contribution in [1.29, 1.82) is 0 Å². The van der Waals surface area contributed by atoms with Gasteiger partial charge in [-0.3, -0.25) is 15.6 Å². The summed E-state index contributed by atoms with van der Waals surface area (Å²) in [6, 6.07) is 18.1. The number of anilines is 4. The first kappa shape index (κ1) is 24.9. The van der Waals surface area contributed by atoms with Crippen molar-refractivity contribution in [3.05, 3.63) is 84.6 Å². The van der Waals surface area contributed by atoms with Crippen LogP contribution in [0.2, 0.25) is 0 Å². The molecule has 1 amide bonds. The second-order valence-electron chi connectivity index (χ2n) is 8.75. The molecule has 5 rings (SSSR count). The molecule has 38 heavy (non-hydrogen) atoms. The van der Waals surface area contributed by atoms with Gasteiger partial charge >= 0.3 is 0 Å². The summed E-state index contributed by atoms with van der Waals surface area (Å²) in [5.74, 6) is -0.625. The average Bonchev–Trinajstić information content (AvgIpc) is 2.94. The van der Waals surface area contributed by atoms with Crippen LogP contribution in [-0.2, 0) is 4.74 Å². The van der Waals surface area contributed by atoms with Gasteiger partial charge in [-0.25, -0.2) is 14.4 Å². The first-order valence-corrected chi connectivity index (χ1v) is 12.0. The number of rotatable bonds is 7. The van der Waals surface area contributed by atoms with Crippen molar-refractivity contribution in [1.82, 2.24) is 20.4 Å². The maximum atomic E-state index is 14.3. The average molecular weight is 516 g/mol. The van der Waals surface area contributed by atoms with Crippen molar-refractivity contribution in [3.63, 3.8) is 0 Å². The van der Waals surface area contributed by atoms with Gasteiger partial charge in [0.25, 0.3) is 5.91 Å². The fourth-order valence-corrected chi connectivity index (χ4v) is 4.04. The van der Waals surface area contributed by atoms with E-state index in [1.54, 1.807) is 41.4 Å². The lowest BCUT2D eigenvalue weighted by Crippen LogP contribution is -2.44. The van der Waals surface area contributed by atoms with Crippen LogP contribution in [0.25, 0.3) is 11.1 Å². The number of pyridine rings is 1. The minimum atomic E-state index is -0.547. The van der Waals surface area contributed by atoms with Gasteiger partial charge in [-0.05, 0) is 54.4 Å². The Morgan fingerprint density at radius 2 is 1.87 bits per heavy atom. The van der Waals surface area contributed by atoms with Crippen LogP contribution in [0.5, 0.6) is 5.75 Å². The van der Waals surface area contributed by atoms with Crippen molar-refractivity contribution in [2.75, 3.05) is 35.4 Å². The molecular formula is C27H26FN7O3. The van der Waals surface area contributed by atoms with Crippen LogP contribution in [0.1, 0.15) is 17.4 Å². The third kappa shape index (κ3) is 5.79. The van der Waals surface area contributed by atoms with E-state index >= 15 is 0 Å². The number of aromatic nitrogens is 3. The molecule has 0 bridgehead atoms. The summed E-state index contributed by atoms with van der Waals surface area (Å²) in [4.78, 5) is 26.7. The van der Waals surface area contributed by atoms with E-state index in [2.05, 4.69) is 31.1 Å².